The number of fused-ring (bicyclic) bond motifs is 1. The molecule has 2 aliphatic heterocycles. The number of allylic oxidation sites excluding steroid dienone is 1. The highest BCUT2D eigenvalue weighted by molar-refractivity contribution is 6.20. The van der Waals surface area contributed by atoms with Crippen molar-refractivity contribution in [2.45, 2.75) is 45.6 Å². The normalized spacial score (nSPS) is 26.9. The average Bonchev–Trinajstić information content (AvgIpc) is 2.92. The highest BCUT2D eigenvalue weighted by Gasteiger charge is 2.41. The minimum atomic E-state index is -0.121. The van der Waals surface area contributed by atoms with E-state index < -0.39 is 0 Å². The van der Waals surface area contributed by atoms with Crippen molar-refractivity contribution < 1.29 is 9.59 Å². The summed E-state index contributed by atoms with van der Waals surface area (Å²) in [6.07, 6.45) is 8.14. The molecule has 0 aromatic carbocycles. The molecule has 0 N–H and O–H groups in total. The smallest absolute Gasteiger partial charge is 0.261 e. The number of carbonyl (C=O) groups excluding carboxylic acids is 2. The lowest BCUT2D eigenvalue weighted by atomic mass is 9.83. The number of hydrogen-bond acceptors (Lipinski definition) is 3. The maximum atomic E-state index is 12.8. The van der Waals surface area contributed by atoms with Crippen molar-refractivity contribution >= 4 is 17.9 Å². The Labute approximate surface area is 119 Å². The summed E-state index contributed by atoms with van der Waals surface area (Å²) in [4.78, 5) is 30.9. The largest absolute Gasteiger partial charge is 0.308 e. The molecule has 106 valence electrons. The Morgan fingerprint density at radius 1 is 1.35 bits per heavy atom. The first kappa shape index (κ1) is 13.3. The number of rotatable bonds is 2. The van der Waals surface area contributed by atoms with E-state index in [2.05, 4.69) is 4.99 Å². The summed E-state index contributed by atoms with van der Waals surface area (Å²) in [5.41, 5.74) is 2.32. The molecule has 0 radical (unpaired) electrons. The van der Waals surface area contributed by atoms with E-state index in [9.17, 15) is 9.59 Å². The van der Waals surface area contributed by atoms with Crippen molar-refractivity contribution in [3.05, 3.63) is 22.9 Å². The lowest BCUT2D eigenvalue weighted by molar-refractivity contribution is -0.130. The number of nitrogens with zero attached hydrogens (tertiary/aromatic N) is 2. The van der Waals surface area contributed by atoms with Crippen LogP contribution in [0.2, 0.25) is 0 Å². The molecule has 0 spiro atoms. The van der Waals surface area contributed by atoms with Crippen molar-refractivity contribution in [1.82, 2.24) is 4.90 Å². The summed E-state index contributed by atoms with van der Waals surface area (Å²) in [6.45, 7) is 4.04. The monoisotopic (exact) mass is 272 g/mol. The summed E-state index contributed by atoms with van der Waals surface area (Å²) in [6, 6.07) is 0.255. The van der Waals surface area contributed by atoms with Crippen molar-refractivity contribution in [1.29, 1.82) is 0 Å². The van der Waals surface area contributed by atoms with Crippen LogP contribution in [-0.4, -0.2) is 35.4 Å². The van der Waals surface area contributed by atoms with E-state index in [4.69, 9.17) is 0 Å². The number of dihydropyridines is 1. The maximum Gasteiger partial charge on any atom is 0.261 e. The standard InChI is InChI=1S/C16H20N2O2/c1-10-13-9-17-8-7-14(13)18(12-5-3-4-6-12)16(20)15(10)11(2)19/h7-8,12-13H,3-6,9H2,1-2H3. The summed E-state index contributed by atoms with van der Waals surface area (Å²) < 4.78 is 0. The Bertz CT molecular complexity index is 551. The van der Waals surface area contributed by atoms with Gasteiger partial charge in [-0.2, -0.15) is 0 Å². The summed E-state index contributed by atoms with van der Waals surface area (Å²) >= 11 is 0. The second-order valence-electron chi connectivity index (χ2n) is 5.89. The molecule has 1 saturated carbocycles. The zero-order chi connectivity index (χ0) is 14.3. The Morgan fingerprint density at radius 2 is 2.05 bits per heavy atom. The zero-order valence-corrected chi connectivity index (χ0v) is 12.1. The summed E-state index contributed by atoms with van der Waals surface area (Å²) in [5, 5.41) is 0. The highest BCUT2D eigenvalue weighted by Crippen LogP contribution is 2.39. The summed E-state index contributed by atoms with van der Waals surface area (Å²) in [7, 11) is 0. The molecule has 1 amide bonds. The first-order chi connectivity index (χ1) is 9.61. The molecule has 0 aromatic heterocycles. The third-order valence-corrected chi connectivity index (χ3v) is 4.67. The second-order valence-corrected chi connectivity index (χ2v) is 5.89. The quantitative estimate of drug-likeness (QED) is 0.724. The van der Waals surface area contributed by atoms with Crippen LogP contribution in [0.15, 0.2) is 27.9 Å². The van der Waals surface area contributed by atoms with Gasteiger partial charge in [-0.1, -0.05) is 12.8 Å². The van der Waals surface area contributed by atoms with Crippen LogP contribution in [0, 0.1) is 5.92 Å². The van der Waals surface area contributed by atoms with Crippen LogP contribution in [-0.2, 0) is 9.59 Å². The van der Waals surface area contributed by atoms with E-state index in [1.54, 1.807) is 6.21 Å². The van der Waals surface area contributed by atoms with E-state index in [1.165, 1.54) is 19.8 Å². The lowest BCUT2D eigenvalue weighted by Crippen LogP contribution is -2.47. The fourth-order valence-corrected chi connectivity index (χ4v) is 3.66. The topological polar surface area (TPSA) is 49.7 Å². The van der Waals surface area contributed by atoms with Gasteiger partial charge in [0.25, 0.3) is 5.91 Å². The van der Waals surface area contributed by atoms with Crippen LogP contribution in [0.3, 0.4) is 0 Å². The molecule has 4 nitrogen and oxygen atoms in total. The van der Waals surface area contributed by atoms with Gasteiger partial charge in [-0.15, -0.1) is 0 Å². The SMILES string of the molecule is CC(=O)C1=C(C)C2CN=CC=C2N(C2CCCC2)C1=O. The molecule has 3 aliphatic rings. The zero-order valence-electron chi connectivity index (χ0n) is 12.1. The number of carbonyl (C=O) groups is 2. The first-order valence-electron chi connectivity index (χ1n) is 7.36. The molecule has 1 fully saturated rings. The Hall–Kier alpha value is -1.71. The first-order valence-corrected chi connectivity index (χ1v) is 7.36. The minimum absolute atomic E-state index is 0.0946. The summed E-state index contributed by atoms with van der Waals surface area (Å²) in [5.74, 6) is -0.124. The predicted octanol–water partition coefficient (Wildman–Crippen LogP) is 2.26. The molecule has 20 heavy (non-hydrogen) atoms. The average molecular weight is 272 g/mol. The van der Waals surface area contributed by atoms with Crippen molar-refractivity contribution in [3.63, 3.8) is 0 Å². The van der Waals surface area contributed by atoms with Gasteiger partial charge in [-0.3, -0.25) is 14.6 Å². The van der Waals surface area contributed by atoms with E-state index in [0.717, 1.165) is 24.1 Å². The van der Waals surface area contributed by atoms with Crippen LogP contribution < -0.4 is 0 Å². The maximum absolute atomic E-state index is 12.8. The molecule has 2 heterocycles. The van der Waals surface area contributed by atoms with E-state index in [1.807, 2.05) is 17.9 Å². The molecule has 1 unspecified atom stereocenters. The third kappa shape index (κ3) is 1.94. The van der Waals surface area contributed by atoms with Crippen molar-refractivity contribution in [3.8, 4) is 0 Å². The van der Waals surface area contributed by atoms with Crippen LogP contribution in [0.25, 0.3) is 0 Å². The fraction of sp³-hybridized carbons (Fsp3) is 0.562. The number of ketones is 1. The van der Waals surface area contributed by atoms with Crippen LogP contribution in [0.4, 0.5) is 0 Å². The molecule has 1 atom stereocenters. The number of Topliss-reactive ketones (excluding diaryl/α,β-unsaturated/α-hetero) is 1. The minimum Gasteiger partial charge on any atom is -0.308 e. The third-order valence-electron chi connectivity index (χ3n) is 4.67. The molecule has 0 saturated heterocycles. The van der Waals surface area contributed by atoms with E-state index in [-0.39, 0.29) is 23.7 Å². The molecule has 0 bridgehead atoms. The van der Waals surface area contributed by atoms with Gasteiger partial charge in [0.2, 0.25) is 0 Å². The van der Waals surface area contributed by atoms with Gasteiger partial charge in [-0.25, -0.2) is 0 Å². The van der Waals surface area contributed by atoms with Gasteiger partial charge in [0, 0.05) is 23.9 Å². The molecular weight excluding hydrogens is 252 g/mol. The lowest BCUT2D eigenvalue weighted by Gasteiger charge is -2.40. The Kier molecular flexibility index (Phi) is 3.32. The van der Waals surface area contributed by atoms with Gasteiger partial charge in [0.05, 0.1) is 12.1 Å². The van der Waals surface area contributed by atoms with Crippen LogP contribution in [0.5, 0.6) is 0 Å². The van der Waals surface area contributed by atoms with Gasteiger partial charge in [0.1, 0.15) is 0 Å². The molecule has 1 aliphatic carbocycles. The van der Waals surface area contributed by atoms with Crippen LogP contribution in [0.1, 0.15) is 39.5 Å². The molecular formula is C16H20N2O2. The molecule has 4 heteroatoms. The van der Waals surface area contributed by atoms with Gasteiger partial charge >= 0.3 is 0 Å². The van der Waals surface area contributed by atoms with E-state index in [0.29, 0.717) is 12.1 Å². The fourth-order valence-electron chi connectivity index (χ4n) is 3.66. The Balaban J connectivity index is 2.09. The Morgan fingerprint density at radius 3 is 2.70 bits per heavy atom. The number of amides is 1. The molecule has 0 aromatic rings. The van der Waals surface area contributed by atoms with Crippen molar-refractivity contribution in [2.24, 2.45) is 10.9 Å². The second kappa shape index (κ2) is 5.00. The van der Waals surface area contributed by atoms with Gasteiger partial charge in [0.15, 0.2) is 5.78 Å². The number of aliphatic imine (C=N–C) groups is 1. The van der Waals surface area contributed by atoms with Crippen LogP contribution >= 0.6 is 0 Å². The van der Waals surface area contributed by atoms with Crippen molar-refractivity contribution in [2.75, 3.05) is 6.54 Å². The predicted molar refractivity (Wildman–Crippen MR) is 77.4 cm³/mol. The molecule has 3 rings (SSSR count). The van der Waals surface area contributed by atoms with Gasteiger partial charge < -0.3 is 4.90 Å². The van der Waals surface area contributed by atoms with E-state index >= 15 is 0 Å². The number of hydrogen-bond donors (Lipinski definition) is 0. The van der Waals surface area contributed by atoms with Gasteiger partial charge in [-0.05, 0) is 38.3 Å². The highest BCUT2D eigenvalue weighted by atomic mass is 16.2.